The number of rotatable bonds is 6. The number of ether oxygens (including phenoxy) is 1. The quantitative estimate of drug-likeness (QED) is 0.469. The van der Waals surface area contributed by atoms with E-state index in [4.69, 9.17) is 27.9 Å². The zero-order valence-electron chi connectivity index (χ0n) is 16.9. The Kier molecular flexibility index (Phi) is 7.44. The largest absolute Gasteiger partial charge is 0.447 e. The van der Waals surface area contributed by atoms with Gasteiger partial charge in [-0.1, -0.05) is 29.3 Å². The van der Waals surface area contributed by atoms with E-state index in [9.17, 15) is 22.8 Å². The third-order valence-electron chi connectivity index (χ3n) is 4.31. The van der Waals surface area contributed by atoms with Gasteiger partial charge in [-0.05, 0) is 36.8 Å². The van der Waals surface area contributed by atoms with Crippen LogP contribution in [-0.2, 0) is 10.9 Å². The fourth-order valence-corrected chi connectivity index (χ4v) is 3.08. The minimum Gasteiger partial charge on any atom is -0.447 e. The molecule has 2 heterocycles. The third kappa shape index (κ3) is 5.93. The highest BCUT2D eigenvalue weighted by atomic mass is 35.5. The van der Waals surface area contributed by atoms with Crippen molar-refractivity contribution < 1.29 is 27.5 Å². The number of alkyl halides is 3. The van der Waals surface area contributed by atoms with Crippen LogP contribution in [0.5, 0.6) is 0 Å². The van der Waals surface area contributed by atoms with Crippen LogP contribution < -0.4 is 10.6 Å². The number of nitrogens with zero attached hydrogens (tertiary/aromatic N) is 3. The molecule has 0 radical (unpaired) electrons. The number of hydrogen-bond donors (Lipinski definition) is 2. The second-order valence-corrected chi connectivity index (χ2v) is 7.39. The Morgan fingerprint density at radius 2 is 1.88 bits per heavy atom. The van der Waals surface area contributed by atoms with Crippen molar-refractivity contribution in [3.05, 3.63) is 69.6 Å². The number of benzene rings is 1. The first-order chi connectivity index (χ1) is 15.6. The Balaban J connectivity index is 1.62. The molecule has 0 aliphatic carbocycles. The smallest absolute Gasteiger partial charge is 0.435 e. The van der Waals surface area contributed by atoms with Gasteiger partial charge in [0, 0.05) is 23.1 Å². The molecule has 2 aromatic heterocycles. The van der Waals surface area contributed by atoms with Crippen molar-refractivity contribution in [1.29, 1.82) is 0 Å². The standard InChI is InChI=1S/C20H16Cl2F3N5O3/c1-11-13(21)4-2-6-15(11)28-19(32)33-9-8-27-18(31)12-10-30(29-16(12)20(23,24)25)17-14(22)5-3-7-26-17/h2-7,10H,8-9H2,1H3,(H,27,31)(H,28,32). The van der Waals surface area contributed by atoms with Crippen LogP contribution in [0.2, 0.25) is 10.0 Å². The average Bonchev–Trinajstić information content (AvgIpc) is 3.21. The molecule has 0 unspecified atom stereocenters. The minimum absolute atomic E-state index is 0.0510. The van der Waals surface area contributed by atoms with E-state index in [1.807, 2.05) is 0 Å². The summed E-state index contributed by atoms with van der Waals surface area (Å²) in [5.74, 6) is -1.13. The lowest BCUT2D eigenvalue weighted by atomic mass is 10.2. The van der Waals surface area contributed by atoms with Gasteiger partial charge in [0.05, 0.1) is 17.1 Å². The number of halogens is 5. The normalized spacial score (nSPS) is 11.2. The monoisotopic (exact) mass is 501 g/mol. The van der Waals surface area contributed by atoms with Gasteiger partial charge in [0.1, 0.15) is 6.61 Å². The molecule has 0 fully saturated rings. The molecule has 2 amide bonds. The second-order valence-electron chi connectivity index (χ2n) is 6.57. The van der Waals surface area contributed by atoms with Gasteiger partial charge < -0.3 is 10.1 Å². The van der Waals surface area contributed by atoms with Crippen LogP contribution in [-0.4, -0.2) is 39.9 Å². The first kappa shape index (κ1) is 24.3. The van der Waals surface area contributed by atoms with Gasteiger partial charge in [-0.3, -0.25) is 10.1 Å². The van der Waals surface area contributed by atoms with Crippen molar-refractivity contribution in [2.45, 2.75) is 13.1 Å². The van der Waals surface area contributed by atoms with Crippen molar-refractivity contribution in [2.75, 3.05) is 18.5 Å². The molecule has 0 spiro atoms. The first-order valence-corrected chi connectivity index (χ1v) is 10.1. The Labute approximate surface area is 195 Å². The van der Waals surface area contributed by atoms with Gasteiger partial charge in [-0.25, -0.2) is 14.5 Å². The molecule has 0 aliphatic heterocycles. The Bertz CT molecular complexity index is 1180. The molecule has 0 saturated heterocycles. The van der Waals surface area contributed by atoms with Gasteiger partial charge in [0.25, 0.3) is 5.91 Å². The lowest BCUT2D eigenvalue weighted by Gasteiger charge is -2.11. The van der Waals surface area contributed by atoms with Crippen molar-refractivity contribution in [3.8, 4) is 5.82 Å². The lowest BCUT2D eigenvalue weighted by Crippen LogP contribution is -2.30. The number of amides is 2. The van der Waals surface area contributed by atoms with Gasteiger partial charge in [-0.2, -0.15) is 18.3 Å². The molecular weight excluding hydrogens is 486 g/mol. The second kappa shape index (κ2) is 10.1. The zero-order chi connectivity index (χ0) is 24.2. The van der Waals surface area contributed by atoms with E-state index in [2.05, 4.69) is 20.7 Å². The van der Waals surface area contributed by atoms with E-state index in [0.29, 0.717) is 16.3 Å². The molecule has 3 aromatic rings. The predicted octanol–water partition coefficient (Wildman–Crippen LogP) is 4.88. The van der Waals surface area contributed by atoms with Crippen LogP contribution >= 0.6 is 23.2 Å². The van der Waals surface area contributed by atoms with Crippen LogP contribution in [0.15, 0.2) is 42.7 Å². The van der Waals surface area contributed by atoms with E-state index < -0.39 is 29.4 Å². The van der Waals surface area contributed by atoms with Crippen molar-refractivity contribution in [3.63, 3.8) is 0 Å². The summed E-state index contributed by atoms with van der Waals surface area (Å²) in [6, 6.07) is 7.83. The maximum absolute atomic E-state index is 13.4. The van der Waals surface area contributed by atoms with Crippen LogP contribution in [0.4, 0.5) is 23.7 Å². The number of hydrogen-bond acceptors (Lipinski definition) is 5. The Morgan fingerprint density at radius 3 is 2.58 bits per heavy atom. The molecule has 0 atom stereocenters. The van der Waals surface area contributed by atoms with Crippen LogP contribution in [0.25, 0.3) is 5.82 Å². The number of carbonyl (C=O) groups is 2. The number of carbonyl (C=O) groups excluding carboxylic acids is 2. The van der Waals surface area contributed by atoms with Crippen molar-refractivity contribution in [1.82, 2.24) is 20.1 Å². The average molecular weight is 502 g/mol. The number of pyridine rings is 1. The van der Waals surface area contributed by atoms with E-state index in [1.165, 1.54) is 18.3 Å². The predicted molar refractivity (Wildman–Crippen MR) is 115 cm³/mol. The molecule has 174 valence electrons. The highest BCUT2D eigenvalue weighted by Crippen LogP contribution is 2.32. The Hall–Kier alpha value is -3.31. The highest BCUT2D eigenvalue weighted by molar-refractivity contribution is 6.32. The summed E-state index contributed by atoms with van der Waals surface area (Å²) < 4.78 is 45.9. The minimum atomic E-state index is -4.90. The fourth-order valence-electron chi connectivity index (χ4n) is 2.70. The fraction of sp³-hybridized carbons (Fsp3) is 0.200. The molecule has 13 heteroatoms. The third-order valence-corrected chi connectivity index (χ3v) is 5.01. The van der Waals surface area contributed by atoms with Crippen LogP contribution in [0, 0.1) is 6.92 Å². The topological polar surface area (TPSA) is 98.1 Å². The van der Waals surface area contributed by atoms with Gasteiger partial charge >= 0.3 is 12.3 Å². The van der Waals surface area contributed by atoms with Gasteiger partial charge in [0.15, 0.2) is 11.5 Å². The summed E-state index contributed by atoms with van der Waals surface area (Å²) in [4.78, 5) is 28.2. The SMILES string of the molecule is Cc1c(Cl)cccc1NC(=O)OCCNC(=O)c1cn(-c2ncccc2Cl)nc1C(F)(F)F. The van der Waals surface area contributed by atoms with Crippen LogP contribution in [0.1, 0.15) is 21.6 Å². The summed E-state index contributed by atoms with van der Waals surface area (Å²) in [5, 5.41) is 8.68. The van der Waals surface area contributed by atoms with E-state index in [1.54, 1.807) is 25.1 Å². The summed E-state index contributed by atoms with van der Waals surface area (Å²) in [6.07, 6.45) is -3.52. The molecular formula is C20H16Cl2F3N5O3. The maximum Gasteiger partial charge on any atom is 0.435 e. The molecule has 1 aromatic carbocycles. The maximum atomic E-state index is 13.4. The molecule has 3 rings (SSSR count). The van der Waals surface area contributed by atoms with E-state index in [0.717, 1.165) is 10.9 Å². The molecule has 8 nitrogen and oxygen atoms in total. The van der Waals surface area contributed by atoms with E-state index in [-0.39, 0.29) is 24.0 Å². The molecule has 0 aliphatic rings. The summed E-state index contributed by atoms with van der Waals surface area (Å²) in [6.45, 7) is 1.17. The summed E-state index contributed by atoms with van der Waals surface area (Å²) in [7, 11) is 0. The first-order valence-electron chi connectivity index (χ1n) is 9.32. The summed E-state index contributed by atoms with van der Waals surface area (Å²) >= 11 is 11.9. The lowest BCUT2D eigenvalue weighted by molar-refractivity contribution is -0.141. The summed E-state index contributed by atoms with van der Waals surface area (Å²) in [5.41, 5.74) is -1.07. The zero-order valence-corrected chi connectivity index (χ0v) is 18.4. The number of anilines is 1. The molecule has 0 saturated carbocycles. The molecule has 2 N–H and O–H groups in total. The van der Waals surface area contributed by atoms with E-state index >= 15 is 0 Å². The van der Waals surface area contributed by atoms with Crippen molar-refractivity contribution in [2.24, 2.45) is 0 Å². The van der Waals surface area contributed by atoms with Gasteiger partial charge in [0.2, 0.25) is 0 Å². The highest BCUT2D eigenvalue weighted by Gasteiger charge is 2.39. The van der Waals surface area contributed by atoms with Crippen LogP contribution in [0.3, 0.4) is 0 Å². The number of aromatic nitrogens is 3. The molecule has 0 bridgehead atoms. The number of nitrogens with one attached hydrogen (secondary N) is 2. The Morgan fingerprint density at radius 1 is 1.15 bits per heavy atom. The van der Waals surface area contributed by atoms with Crippen molar-refractivity contribution >= 4 is 40.9 Å². The molecule has 33 heavy (non-hydrogen) atoms. The van der Waals surface area contributed by atoms with Gasteiger partial charge in [-0.15, -0.1) is 0 Å².